The molecule has 1 atom stereocenters. The van der Waals surface area contributed by atoms with E-state index in [4.69, 9.17) is 19.1 Å². The highest BCUT2D eigenvalue weighted by molar-refractivity contribution is 5.87. The summed E-state index contributed by atoms with van der Waals surface area (Å²) >= 11 is 0. The Morgan fingerprint density at radius 1 is 1.18 bits per heavy atom. The van der Waals surface area contributed by atoms with Gasteiger partial charge in [-0.15, -0.1) is 0 Å². The summed E-state index contributed by atoms with van der Waals surface area (Å²) in [7, 11) is 0. The quantitative estimate of drug-likeness (QED) is 0.346. The summed E-state index contributed by atoms with van der Waals surface area (Å²) in [4.78, 5) is 12.7. The van der Waals surface area contributed by atoms with Gasteiger partial charge in [0, 0.05) is 18.5 Å². The molecule has 2 N–H and O–H groups in total. The monoisotopic (exact) mass is 385 g/mol. The smallest absolute Gasteiger partial charge is 0.226 e. The third-order valence-electron chi connectivity index (χ3n) is 4.60. The van der Waals surface area contributed by atoms with Crippen LogP contribution in [-0.2, 0) is 16.2 Å². The fraction of sp³-hybridized carbons (Fsp3) is 0.400. The molecule has 2 aromatic heterocycles. The predicted molar refractivity (Wildman–Crippen MR) is 102 cm³/mol. The first-order chi connectivity index (χ1) is 13.8. The number of fused-ring (bicyclic) bond motifs is 1. The van der Waals surface area contributed by atoms with Crippen molar-refractivity contribution in [3.8, 4) is 17.2 Å². The van der Waals surface area contributed by atoms with E-state index in [0.29, 0.717) is 25.6 Å². The lowest BCUT2D eigenvalue weighted by Gasteiger charge is -2.23. The SMILES string of the molecule is OOCCNCc1ccc(-c2ccc3ncnc(OC4CCCCO4)c3c2)o1. The molecule has 1 aromatic carbocycles. The van der Waals surface area contributed by atoms with Crippen molar-refractivity contribution in [3.63, 3.8) is 0 Å². The molecule has 1 fully saturated rings. The van der Waals surface area contributed by atoms with Gasteiger partial charge in [-0.05, 0) is 43.2 Å². The van der Waals surface area contributed by atoms with E-state index in [0.717, 1.165) is 47.2 Å². The minimum atomic E-state index is -0.264. The molecule has 0 radical (unpaired) electrons. The molecule has 1 saturated heterocycles. The van der Waals surface area contributed by atoms with Gasteiger partial charge < -0.3 is 19.2 Å². The summed E-state index contributed by atoms with van der Waals surface area (Å²) < 4.78 is 17.6. The fourth-order valence-electron chi connectivity index (χ4n) is 3.17. The van der Waals surface area contributed by atoms with Crippen molar-refractivity contribution in [2.45, 2.75) is 32.1 Å². The van der Waals surface area contributed by atoms with Crippen LogP contribution in [-0.4, -0.2) is 41.3 Å². The molecular weight excluding hydrogens is 362 g/mol. The maximum atomic E-state index is 8.34. The lowest BCUT2D eigenvalue weighted by Crippen LogP contribution is -2.25. The largest absolute Gasteiger partial charge is 0.460 e. The Kier molecular flexibility index (Phi) is 6.13. The second-order valence-electron chi connectivity index (χ2n) is 6.60. The molecule has 1 aliphatic heterocycles. The third-order valence-corrected chi connectivity index (χ3v) is 4.60. The lowest BCUT2D eigenvalue weighted by atomic mass is 10.1. The number of hydrogen-bond donors (Lipinski definition) is 2. The number of rotatable bonds is 8. The van der Waals surface area contributed by atoms with Crippen LogP contribution in [0.4, 0.5) is 0 Å². The molecule has 0 bridgehead atoms. The number of hydrogen-bond acceptors (Lipinski definition) is 8. The van der Waals surface area contributed by atoms with Crippen LogP contribution in [0.5, 0.6) is 5.88 Å². The van der Waals surface area contributed by atoms with Crippen LogP contribution in [0.25, 0.3) is 22.2 Å². The summed E-state index contributed by atoms with van der Waals surface area (Å²) in [6, 6.07) is 9.71. The number of nitrogens with zero attached hydrogens (tertiary/aromatic N) is 2. The zero-order valence-corrected chi connectivity index (χ0v) is 15.5. The predicted octanol–water partition coefficient (Wildman–Crippen LogP) is 3.37. The first-order valence-corrected chi connectivity index (χ1v) is 9.42. The van der Waals surface area contributed by atoms with Crippen molar-refractivity contribution >= 4 is 10.9 Å². The van der Waals surface area contributed by atoms with E-state index in [9.17, 15) is 0 Å². The standard InChI is InChI=1S/C20H23N3O5/c24-26-10-8-21-12-15-5-7-18(27-15)14-4-6-17-16(11-14)20(23-13-22-17)28-19-3-1-2-9-25-19/h4-7,11,13,19,21,24H,1-3,8-10,12H2. The van der Waals surface area contributed by atoms with E-state index in [2.05, 4.69) is 20.2 Å². The van der Waals surface area contributed by atoms with Gasteiger partial charge >= 0.3 is 0 Å². The molecule has 0 amide bonds. The fourth-order valence-corrected chi connectivity index (χ4v) is 3.17. The van der Waals surface area contributed by atoms with Crippen molar-refractivity contribution in [1.29, 1.82) is 0 Å². The van der Waals surface area contributed by atoms with Gasteiger partial charge in [0.1, 0.15) is 17.8 Å². The molecule has 3 aromatic rings. The van der Waals surface area contributed by atoms with Gasteiger partial charge in [-0.1, -0.05) is 0 Å². The molecule has 0 aliphatic carbocycles. The van der Waals surface area contributed by atoms with Crippen molar-refractivity contribution in [2.24, 2.45) is 0 Å². The van der Waals surface area contributed by atoms with Gasteiger partial charge in [-0.3, -0.25) is 5.26 Å². The molecular formula is C20H23N3O5. The molecule has 4 rings (SSSR count). The molecule has 1 aliphatic rings. The van der Waals surface area contributed by atoms with Crippen LogP contribution in [0, 0.1) is 0 Å². The first kappa shape index (κ1) is 18.8. The van der Waals surface area contributed by atoms with Crippen LogP contribution >= 0.6 is 0 Å². The van der Waals surface area contributed by atoms with Crippen LogP contribution in [0.1, 0.15) is 25.0 Å². The summed E-state index contributed by atoms with van der Waals surface area (Å²) in [5.41, 5.74) is 1.73. The molecule has 3 heterocycles. The van der Waals surface area contributed by atoms with Gasteiger partial charge in [-0.2, -0.15) is 0 Å². The summed E-state index contributed by atoms with van der Waals surface area (Å²) in [6.07, 6.45) is 4.26. The molecule has 1 unspecified atom stereocenters. The van der Waals surface area contributed by atoms with E-state index in [1.54, 1.807) is 0 Å². The van der Waals surface area contributed by atoms with Gasteiger partial charge in [0.15, 0.2) is 0 Å². The van der Waals surface area contributed by atoms with E-state index < -0.39 is 0 Å². The van der Waals surface area contributed by atoms with Gasteiger partial charge in [0.25, 0.3) is 0 Å². The van der Waals surface area contributed by atoms with Crippen LogP contribution < -0.4 is 10.1 Å². The topological polar surface area (TPSA) is 98.9 Å². The third kappa shape index (κ3) is 4.48. The average Bonchev–Trinajstić information content (AvgIpc) is 3.21. The Balaban J connectivity index is 1.53. The molecule has 0 spiro atoms. The minimum Gasteiger partial charge on any atom is -0.460 e. The highest BCUT2D eigenvalue weighted by Gasteiger charge is 2.18. The zero-order valence-electron chi connectivity index (χ0n) is 15.5. The Labute approximate surface area is 162 Å². The number of nitrogens with one attached hydrogen (secondary N) is 1. The molecule has 28 heavy (non-hydrogen) atoms. The number of furan rings is 1. The van der Waals surface area contributed by atoms with Gasteiger partial charge in [-0.25, -0.2) is 14.9 Å². The lowest BCUT2D eigenvalue weighted by molar-refractivity contribution is -0.240. The molecule has 148 valence electrons. The maximum Gasteiger partial charge on any atom is 0.226 e. The van der Waals surface area contributed by atoms with Crippen LogP contribution in [0.3, 0.4) is 0 Å². The maximum absolute atomic E-state index is 8.34. The molecule has 0 saturated carbocycles. The molecule has 8 heteroatoms. The van der Waals surface area contributed by atoms with Crippen molar-refractivity contribution in [2.75, 3.05) is 19.8 Å². The second kappa shape index (κ2) is 9.11. The number of ether oxygens (including phenoxy) is 2. The summed E-state index contributed by atoms with van der Waals surface area (Å²) in [5.74, 6) is 2.07. The highest BCUT2D eigenvalue weighted by Crippen LogP contribution is 2.30. The molecule has 8 nitrogen and oxygen atoms in total. The normalized spacial score (nSPS) is 17.1. The Morgan fingerprint density at radius 3 is 3.00 bits per heavy atom. The summed E-state index contributed by atoms with van der Waals surface area (Å²) in [6.45, 7) is 2.02. The van der Waals surface area contributed by atoms with E-state index >= 15 is 0 Å². The zero-order chi connectivity index (χ0) is 19.2. The minimum absolute atomic E-state index is 0.228. The number of aromatic nitrogens is 2. The van der Waals surface area contributed by atoms with E-state index in [1.165, 1.54) is 6.33 Å². The van der Waals surface area contributed by atoms with Crippen LogP contribution in [0.15, 0.2) is 41.1 Å². The van der Waals surface area contributed by atoms with Crippen molar-refractivity contribution < 1.29 is 24.0 Å². The van der Waals surface area contributed by atoms with Crippen molar-refractivity contribution in [3.05, 3.63) is 42.4 Å². The van der Waals surface area contributed by atoms with E-state index in [-0.39, 0.29) is 12.9 Å². The van der Waals surface area contributed by atoms with E-state index in [1.807, 2.05) is 30.3 Å². The van der Waals surface area contributed by atoms with Gasteiger partial charge in [0.2, 0.25) is 12.2 Å². The highest BCUT2D eigenvalue weighted by atomic mass is 17.1. The first-order valence-electron chi connectivity index (χ1n) is 9.42. The Hall–Kier alpha value is -2.52. The van der Waals surface area contributed by atoms with Gasteiger partial charge in [0.05, 0.1) is 30.7 Å². The number of benzene rings is 1. The Bertz CT molecular complexity index is 908. The van der Waals surface area contributed by atoms with Crippen LogP contribution in [0.2, 0.25) is 0 Å². The average molecular weight is 385 g/mol. The Morgan fingerprint density at radius 2 is 2.14 bits per heavy atom. The van der Waals surface area contributed by atoms with Crippen molar-refractivity contribution in [1.82, 2.24) is 15.3 Å². The second-order valence-corrected chi connectivity index (χ2v) is 6.60. The summed E-state index contributed by atoms with van der Waals surface area (Å²) in [5, 5.41) is 12.3.